The molecule has 0 amide bonds. The van der Waals surface area contributed by atoms with E-state index in [1.165, 1.54) is 12.1 Å². The predicted molar refractivity (Wildman–Crippen MR) is 66.0 cm³/mol. The zero-order valence-electron chi connectivity index (χ0n) is 11.0. The average molecular weight is 277 g/mol. The molecule has 1 unspecified atom stereocenters. The second-order valence-corrected chi connectivity index (χ2v) is 4.14. The van der Waals surface area contributed by atoms with Crippen LogP contribution in [0.2, 0.25) is 0 Å². The number of alkyl halides is 3. The summed E-state index contributed by atoms with van der Waals surface area (Å²) in [6, 6.07) is 5.94. The van der Waals surface area contributed by atoms with E-state index in [1.807, 2.05) is 6.92 Å². The molecule has 3 nitrogen and oxygen atoms in total. The van der Waals surface area contributed by atoms with Gasteiger partial charge >= 0.3 is 6.36 Å². The Balaban J connectivity index is 2.46. The van der Waals surface area contributed by atoms with Crippen molar-refractivity contribution >= 4 is 0 Å². The standard InChI is InChI=1S/C13H18F3NO2/c1-10(17-8-3-9-18-2)11-4-6-12(7-5-11)19-13(14,15)16/h4-7,10,17H,3,8-9H2,1-2H3. The number of hydrogen-bond acceptors (Lipinski definition) is 3. The summed E-state index contributed by atoms with van der Waals surface area (Å²) in [5.74, 6) is -0.206. The molecule has 108 valence electrons. The van der Waals surface area contributed by atoms with Gasteiger partial charge in [0.2, 0.25) is 0 Å². The normalized spacial score (nSPS) is 13.3. The van der Waals surface area contributed by atoms with E-state index >= 15 is 0 Å². The highest BCUT2D eigenvalue weighted by atomic mass is 19.4. The minimum atomic E-state index is -4.65. The molecule has 1 aromatic carbocycles. The van der Waals surface area contributed by atoms with Crippen LogP contribution in [-0.4, -0.2) is 26.6 Å². The molecule has 0 aliphatic rings. The number of rotatable bonds is 7. The lowest BCUT2D eigenvalue weighted by atomic mass is 10.1. The van der Waals surface area contributed by atoms with E-state index in [4.69, 9.17) is 4.74 Å². The van der Waals surface area contributed by atoms with Crippen LogP contribution >= 0.6 is 0 Å². The van der Waals surface area contributed by atoms with E-state index < -0.39 is 6.36 Å². The molecular weight excluding hydrogens is 259 g/mol. The van der Waals surface area contributed by atoms with Crippen LogP contribution < -0.4 is 10.1 Å². The summed E-state index contributed by atoms with van der Waals surface area (Å²) < 4.78 is 44.7. The predicted octanol–water partition coefficient (Wildman–Crippen LogP) is 3.27. The molecular formula is C13H18F3NO2. The van der Waals surface area contributed by atoms with Crippen molar-refractivity contribution in [2.45, 2.75) is 25.7 Å². The van der Waals surface area contributed by atoms with Gasteiger partial charge < -0.3 is 14.8 Å². The number of nitrogens with one attached hydrogen (secondary N) is 1. The minimum absolute atomic E-state index is 0.0665. The van der Waals surface area contributed by atoms with Gasteiger partial charge in [0.1, 0.15) is 5.75 Å². The lowest BCUT2D eigenvalue weighted by Crippen LogP contribution is -2.21. The third-order valence-corrected chi connectivity index (χ3v) is 2.59. The van der Waals surface area contributed by atoms with Gasteiger partial charge in [-0.1, -0.05) is 12.1 Å². The van der Waals surface area contributed by atoms with Crippen molar-refractivity contribution in [3.05, 3.63) is 29.8 Å². The number of hydrogen-bond donors (Lipinski definition) is 1. The molecule has 0 aliphatic heterocycles. The van der Waals surface area contributed by atoms with E-state index in [-0.39, 0.29) is 11.8 Å². The molecule has 1 atom stereocenters. The van der Waals surface area contributed by atoms with Gasteiger partial charge in [-0.3, -0.25) is 0 Å². The van der Waals surface area contributed by atoms with E-state index in [0.717, 1.165) is 18.5 Å². The Morgan fingerprint density at radius 2 is 1.84 bits per heavy atom. The third kappa shape index (κ3) is 6.45. The number of benzene rings is 1. The van der Waals surface area contributed by atoms with E-state index in [1.54, 1.807) is 19.2 Å². The molecule has 1 rings (SSSR count). The van der Waals surface area contributed by atoms with Crippen LogP contribution in [0.25, 0.3) is 0 Å². The van der Waals surface area contributed by atoms with Crippen molar-refractivity contribution < 1.29 is 22.6 Å². The van der Waals surface area contributed by atoms with E-state index in [2.05, 4.69) is 10.1 Å². The second-order valence-electron chi connectivity index (χ2n) is 4.14. The maximum atomic E-state index is 12.0. The highest BCUT2D eigenvalue weighted by molar-refractivity contribution is 5.29. The van der Waals surface area contributed by atoms with Crippen molar-refractivity contribution in [2.75, 3.05) is 20.3 Å². The topological polar surface area (TPSA) is 30.5 Å². The van der Waals surface area contributed by atoms with Gasteiger partial charge in [0.05, 0.1) is 0 Å². The van der Waals surface area contributed by atoms with E-state index in [0.29, 0.717) is 6.61 Å². The Labute approximate surface area is 110 Å². The zero-order valence-corrected chi connectivity index (χ0v) is 11.0. The number of ether oxygens (including phenoxy) is 2. The maximum Gasteiger partial charge on any atom is 0.573 e. The fraction of sp³-hybridized carbons (Fsp3) is 0.538. The van der Waals surface area contributed by atoms with Gasteiger partial charge in [-0.25, -0.2) is 0 Å². The molecule has 0 spiro atoms. The Kier molecular flexibility index (Phi) is 6.11. The smallest absolute Gasteiger partial charge is 0.406 e. The minimum Gasteiger partial charge on any atom is -0.406 e. The molecule has 19 heavy (non-hydrogen) atoms. The van der Waals surface area contributed by atoms with Gasteiger partial charge in [-0.15, -0.1) is 13.2 Å². The van der Waals surface area contributed by atoms with Crippen molar-refractivity contribution in [2.24, 2.45) is 0 Å². The maximum absolute atomic E-state index is 12.0. The summed E-state index contributed by atoms with van der Waals surface area (Å²) in [6.07, 6.45) is -3.76. The van der Waals surface area contributed by atoms with E-state index in [9.17, 15) is 13.2 Å². The van der Waals surface area contributed by atoms with Gasteiger partial charge in [-0.2, -0.15) is 0 Å². The Hall–Kier alpha value is -1.27. The summed E-state index contributed by atoms with van der Waals surface area (Å²) >= 11 is 0. The van der Waals surface area contributed by atoms with Crippen LogP contribution in [0.5, 0.6) is 5.75 Å². The molecule has 0 saturated carbocycles. The van der Waals surface area contributed by atoms with Crippen molar-refractivity contribution in [3.8, 4) is 5.75 Å². The molecule has 0 fully saturated rings. The van der Waals surface area contributed by atoms with Crippen molar-refractivity contribution in [1.29, 1.82) is 0 Å². The number of halogens is 3. The lowest BCUT2D eigenvalue weighted by Gasteiger charge is -2.15. The van der Waals surface area contributed by atoms with Gasteiger partial charge in [-0.05, 0) is 37.6 Å². The molecule has 0 aliphatic carbocycles. The summed E-state index contributed by atoms with van der Waals surface area (Å²) in [7, 11) is 1.64. The molecule has 0 heterocycles. The molecule has 0 saturated heterocycles. The highest BCUT2D eigenvalue weighted by Gasteiger charge is 2.30. The van der Waals surface area contributed by atoms with Gasteiger partial charge in [0, 0.05) is 19.8 Å². The highest BCUT2D eigenvalue weighted by Crippen LogP contribution is 2.24. The SMILES string of the molecule is COCCCNC(C)c1ccc(OC(F)(F)F)cc1. The van der Waals surface area contributed by atoms with Gasteiger partial charge in [0.25, 0.3) is 0 Å². The van der Waals surface area contributed by atoms with Crippen LogP contribution in [-0.2, 0) is 4.74 Å². The largest absolute Gasteiger partial charge is 0.573 e. The van der Waals surface area contributed by atoms with Crippen LogP contribution in [0, 0.1) is 0 Å². The van der Waals surface area contributed by atoms with Gasteiger partial charge in [0.15, 0.2) is 0 Å². The van der Waals surface area contributed by atoms with Crippen molar-refractivity contribution in [3.63, 3.8) is 0 Å². The third-order valence-electron chi connectivity index (χ3n) is 2.59. The number of methoxy groups -OCH3 is 1. The summed E-state index contributed by atoms with van der Waals surface area (Å²) in [4.78, 5) is 0. The summed E-state index contributed by atoms with van der Waals surface area (Å²) in [5, 5.41) is 3.26. The molecule has 0 aromatic heterocycles. The quantitative estimate of drug-likeness (QED) is 0.776. The Morgan fingerprint density at radius 1 is 1.21 bits per heavy atom. The molecule has 6 heteroatoms. The van der Waals surface area contributed by atoms with Crippen LogP contribution in [0.1, 0.15) is 24.9 Å². The summed E-state index contributed by atoms with van der Waals surface area (Å²) in [5.41, 5.74) is 0.909. The first kappa shape index (κ1) is 15.8. The Bertz CT molecular complexity index is 365. The fourth-order valence-corrected chi connectivity index (χ4v) is 1.61. The van der Waals surface area contributed by atoms with Crippen LogP contribution in [0.15, 0.2) is 24.3 Å². The molecule has 1 N–H and O–H groups in total. The first-order valence-electron chi connectivity index (χ1n) is 6.00. The monoisotopic (exact) mass is 277 g/mol. The zero-order chi connectivity index (χ0) is 14.3. The first-order chi connectivity index (χ1) is 8.92. The molecule has 0 radical (unpaired) electrons. The fourth-order valence-electron chi connectivity index (χ4n) is 1.61. The summed E-state index contributed by atoms with van der Waals surface area (Å²) in [6.45, 7) is 3.42. The van der Waals surface area contributed by atoms with Crippen LogP contribution in [0.4, 0.5) is 13.2 Å². The lowest BCUT2D eigenvalue weighted by molar-refractivity contribution is -0.274. The molecule has 1 aromatic rings. The van der Waals surface area contributed by atoms with Crippen molar-refractivity contribution in [1.82, 2.24) is 5.32 Å². The Morgan fingerprint density at radius 3 is 2.37 bits per heavy atom. The molecule has 0 bridgehead atoms. The average Bonchev–Trinajstić information content (AvgIpc) is 2.33. The second kappa shape index (κ2) is 7.35. The van der Waals surface area contributed by atoms with Crippen LogP contribution in [0.3, 0.4) is 0 Å². The first-order valence-corrected chi connectivity index (χ1v) is 6.00.